The van der Waals surface area contributed by atoms with Crippen molar-refractivity contribution in [3.8, 4) is 0 Å². The van der Waals surface area contributed by atoms with Gasteiger partial charge in [-0.05, 0) is 60.3 Å². The van der Waals surface area contributed by atoms with Gasteiger partial charge < -0.3 is 0 Å². The third-order valence-electron chi connectivity index (χ3n) is 8.90. The Bertz CT molecular complexity index is 1500. The predicted octanol–water partition coefficient (Wildman–Crippen LogP) is 4.78. The number of benzene rings is 2. The number of nitro groups is 1. The predicted molar refractivity (Wildman–Crippen MR) is 140 cm³/mol. The number of hydrogen-bond acceptors (Lipinski definition) is 6. The van der Waals surface area contributed by atoms with Gasteiger partial charge in [0.15, 0.2) is 0 Å². The molecule has 0 N–H and O–H groups in total. The van der Waals surface area contributed by atoms with E-state index in [2.05, 4.69) is 13.0 Å². The van der Waals surface area contributed by atoms with E-state index in [4.69, 9.17) is 0 Å². The summed E-state index contributed by atoms with van der Waals surface area (Å²) < 4.78 is 29.4. The average molecular weight is 533 g/mol. The zero-order chi connectivity index (χ0) is 26.8. The number of non-ortho nitro benzene ring substituents is 1. The molecule has 1 heterocycles. The van der Waals surface area contributed by atoms with Crippen LogP contribution in [0.3, 0.4) is 0 Å². The van der Waals surface area contributed by atoms with Gasteiger partial charge in [0.1, 0.15) is 0 Å². The molecule has 2 aromatic carbocycles. The highest BCUT2D eigenvalue weighted by atomic mass is 32.2. The zero-order valence-corrected chi connectivity index (χ0v) is 21.7. The van der Waals surface area contributed by atoms with E-state index in [1.165, 1.54) is 40.3 Å². The average Bonchev–Trinajstić information content (AvgIpc) is 3.34. The zero-order valence-electron chi connectivity index (χ0n) is 20.9. The van der Waals surface area contributed by atoms with Gasteiger partial charge in [-0.3, -0.25) is 24.0 Å². The Morgan fingerprint density at radius 3 is 2.37 bits per heavy atom. The minimum atomic E-state index is -4.17. The summed E-state index contributed by atoms with van der Waals surface area (Å²) in [6.45, 7) is 2.16. The van der Waals surface area contributed by atoms with Crippen LogP contribution < -0.4 is 0 Å². The molecule has 3 aliphatic carbocycles. The van der Waals surface area contributed by atoms with Crippen molar-refractivity contribution in [2.45, 2.75) is 43.5 Å². The van der Waals surface area contributed by atoms with Gasteiger partial charge in [0, 0.05) is 24.3 Å². The second-order valence-electron chi connectivity index (χ2n) is 10.8. The molecule has 0 bridgehead atoms. The Hall–Kier alpha value is -3.59. The number of allylic oxidation sites excluding steroid dienone is 2. The number of rotatable bonds is 4. The maximum absolute atomic E-state index is 14.0. The fraction of sp³-hybridized carbons (Fsp3) is 0.379. The van der Waals surface area contributed by atoms with Gasteiger partial charge in [0.25, 0.3) is 15.7 Å². The Kier molecular flexibility index (Phi) is 5.86. The molecule has 0 radical (unpaired) electrons. The number of nitro benzene ring substituents is 1. The fourth-order valence-electron chi connectivity index (χ4n) is 7.19. The van der Waals surface area contributed by atoms with Gasteiger partial charge in [-0.2, -0.15) is 0 Å². The Morgan fingerprint density at radius 2 is 1.68 bits per heavy atom. The van der Waals surface area contributed by atoms with Crippen molar-refractivity contribution in [1.82, 2.24) is 4.31 Å². The number of Topliss-reactive ketones (excluding diaryl/α,β-unsaturated/α-hetero) is 2. The maximum atomic E-state index is 14.0. The lowest BCUT2D eigenvalue weighted by Gasteiger charge is -2.49. The number of fused-ring (bicyclic) bond motifs is 5. The number of carbonyl (C=O) groups is 2. The first-order chi connectivity index (χ1) is 18.2. The van der Waals surface area contributed by atoms with E-state index in [-0.39, 0.29) is 28.2 Å². The van der Waals surface area contributed by atoms with Crippen LogP contribution in [0.4, 0.5) is 5.69 Å². The number of ketones is 2. The molecular weight excluding hydrogens is 504 g/mol. The summed E-state index contributed by atoms with van der Waals surface area (Å²) in [5.41, 5.74) is 2.24. The molecule has 8 nitrogen and oxygen atoms in total. The van der Waals surface area contributed by atoms with Gasteiger partial charge in [-0.25, -0.2) is 8.42 Å². The van der Waals surface area contributed by atoms with Crippen molar-refractivity contribution < 1.29 is 22.9 Å². The highest BCUT2D eigenvalue weighted by Crippen LogP contribution is 2.55. The summed E-state index contributed by atoms with van der Waals surface area (Å²) in [6, 6.07) is 13.1. The standard InChI is InChI=1S/C29H28N2O6S/c1-17-6-5-9-22-21(17)14-15-23-25(22)28(32)29(33)26-24(18-7-3-2-4-8-18)16-30(27(23)26)38(36,37)20-12-10-19(11-13-20)31(34)35/h2-4,7-8,10-14,16-17,22-23,25-27H,5-6,9,15H2,1H3. The van der Waals surface area contributed by atoms with Crippen LogP contribution in [0.15, 0.2) is 77.3 Å². The van der Waals surface area contributed by atoms with Crippen molar-refractivity contribution in [2.24, 2.45) is 29.6 Å². The van der Waals surface area contributed by atoms with Gasteiger partial charge in [0.05, 0.1) is 21.8 Å². The van der Waals surface area contributed by atoms with E-state index in [0.717, 1.165) is 19.3 Å². The molecule has 0 saturated heterocycles. The van der Waals surface area contributed by atoms with Crippen LogP contribution in [0.1, 0.15) is 38.2 Å². The molecule has 2 saturated carbocycles. The van der Waals surface area contributed by atoms with E-state index >= 15 is 0 Å². The highest BCUT2D eigenvalue weighted by molar-refractivity contribution is 7.89. The number of hydrogen-bond donors (Lipinski definition) is 0. The van der Waals surface area contributed by atoms with E-state index in [0.29, 0.717) is 23.5 Å². The molecule has 2 aromatic rings. The number of sulfonamides is 1. The smallest absolute Gasteiger partial charge is 0.269 e. The van der Waals surface area contributed by atoms with Crippen LogP contribution >= 0.6 is 0 Å². The highest BCUT2D eigenvalue weighted by Gasteiger charge is 2.60. The first-order valence-electron chi connectivity index (χ1n) is 13.0. The molecule has 1 aliphatic heterocycles. The molecule has 0 aromatic heterocycles. The van der Waals surface area contributed by atoms with Crippen LogP contribution in [0.25, 0.3) is 5.57 Å². The van der Waals surface area contributed by atoms with E-state index in [1.54, 1.807) is 0 Å². The van der Waals surface area contributed by atoms with Crippen molar-refractivity contribution in [3.63, 3.8) is 0 Å². The van der Waals surface area contributed by atoms with Crippen LogP contribution in [-0.2, 0) is 19.6 Å². The summed E-state index contributed by atoms with van der Waals surface area (Å²) in [5.74, 6) is -2.37. The molecule has 2 fully saturated rings. The molecule has 4 aliphatic rings. The third kappa shape index (κ3) is 3.66. The minimum Gasteiger partial charge on any atom is -0.291 e. The largest absolute Gasteiger partial charge is 0.291 e. The first-order valence-corrected chi connectivity index (χ1v) is 14.5. The second kappa shape index (κ2) is 9.01. The summed E-state index contributed by atoms with van der Waals surface area (Å²) in [5, 5.41) is 11.1. The topological polar surface area (TPSA) is 115 Å². The molecule has 0 spiro atoms. The molecular formula is C29H28N2O6S. The van der Waals surface area contributed by atoms with E-state index in [9.17, 15) is 28.1 Å². The molecule has 6 rings (SSSR count). The summed E-state index contributed by atoms with van der Waals surface area (Å²) in [4.78, 5) is 38.0. The van der Waals surface area contributed by atoms with Crippen LogP contribution in [-0.4, -0.2) is 35.3 Å². The normalized spacial score (nSPS) is 30.6. The lowest BCUT2D eigenvalue weighted by molar-refractivity contribution is -0.384. The Balaban J connectivity index is 1.49. The first kappa shape index (κ1) is 24.7. The summed E-state index contributed by atoms with van der Waals surface area (Å²) in [7, 11) is -4.17. The monoisotopic (exact) mass is 532 g/mol. The minimum absolute atomic E-state index is 0.0420. The van der Waals surface area contributed by atoms with Gasteiger partial charge in [-0.15, -0.1) is 0 Å². The fourth-order valence-corrected chi connectivity index (χ4v) is 8.76. The van der Waals surface area contributed by atoms with Crippen molar-refractivity contribution in [1.29, 1.82) is 0 Å². The van der Waals surface area contributed by atoms with Crippen LogP contribution in [0.2, 0.25) is 0 Å². The van der Waals surface area contributed by atoms with E-state index < -0.39 is 38.6 Å². The quantitative estimate of drug-likeness (QED) is 0.242. The number of carbonyl (C=O) groups excluding carboxylic acids is 2. The number of nitrogens with zero attached hydrogens (tertiary/aromatic N) is 2. The summed E-state index contributed by atoms with van der Waals surface area (Å²) in [6.07, 6.45) is 7.07. The van der Waals surface area contributed by atoms with Crippen molar-refractivity contribution in [3.05, 3.63) is 88.1 Å². The molecule has 9 heteroatoms. The second-order valence-corrected chi connectivity index (χ2v) is 12.6. The Labute approximate surface area is 221 Å². The Morgan fingerprint density at radius 1 is 0.974 bits per heavy atom. The third-order valence-corrected chi connectivity index (χ3v) is 10.7. The van der Waals surface area contributed by atoms with Gasteiger partial charge in [-0.1, -0.05) is 55.3 Å². The van der Waals surface area contributed by atoms with Crippen LogP contribution in [0.5, 0.6) is 0 Å². The SMILES string of the molecule is CC1CCCC2C1=CCC1C2C(=O)C(=O)C2C(c3ccccc3)=CN(S(=O)(=O)c3ccc([N+](=O)[O-])cc3)C21. The van der Waals surface area contributed by atoms with E-state index in [1.807, 2.05) is 30.3 Å². The molecule has 6 unspecified atom stereocenters. The lowest BCUT2D eigenvalue weighted by atomic mass is 9.56. The molecule has 38 heavy (non-hydrogen) atoms. The van der Waals surface area contributed by atoms with Crippen LogP contribution in [0, 0.1) is 39.7 Å². The van der Waals surface area contributed by atoms with Gasteiger partial charge >= 0.3 is 0 Å². The van der Waals surface area contributed by atoms with Crippen molar-refractivity contribution in [2.75, 3.05) is 0 Å². The van der Waals surface area contributed by atoms with Crippen molar-refractivity contribution >= 4 is 32.9 Å². The molecule has 6 atom stereocenters. The summed E-state index contributed by atoms with van der Waals surface area (Å²) >= 11 is 0. The molecule has 0 amide bonds. The maximum Gasteiger partial charge on any atom is 0.269 e. The molecule has 196 valence electrons. The van der Waals surface area contributed by atoms with Gasteiger partial charge in [0.2, 0.25) is 11.6 Å². The lowest BCUT2D eigenvalue weighted by Crippen LogP contribution is -2.58.